The topological polar surface area (TPSA) is 197 Å². The third-order valence-corrected chi connectivity index (χ3v) is 10.8. The number of hydrogen-bond acceptors (Lipinski definition) is 10. The molecule has 16 heteroatoms. The van der Waals surface area contributed by atoms with Crippen LogP contribution >= 0.6 is 0 Å². The normalized spacial score (nSPS) is 20.1. The molecule has 0 unspecified atom stereocenters. The number of benzene rings is 2. The second kappa shape index (κ2) is 11.0. The Balaban J connectivity index is 0.000000165. The number of hydrogen-bond donors (Lipinski definition) is 3. The highest BCUT2D eigenvalue weighted by Crippen LogP contribution is 2.29. The SMILES string of the molecule is O=C1Nc2ccc(S(=O)(=O)N3CCC(O)CC3)cc2C1=O.O=C1Nc2ccc(S(=O)(=O)N3CCOCC3)cc2C1=O. The van der Waals surface area contributed by atoms with Crippen LogP contribution in [0.3, 0.4) is 0 Å². The molecule has 2 saturated heterocycles. The number of piperidine rings is 1. The molecule has 0 saturated carbocycles. The van der Waals surface area contributed by atoms with E-state index in [4.69, 9.17) is 4.74 Å². The van der Waals surface area contributed by atoms with Gasteiger partial charge in [-0.2, -0.15) is 8.61 Å². The molecule has 0 bridgehead atoms. The highest BCUT2D eigenvalue weighted by molar-refractivity contribution is 7.89. The van der Waals surface area contributed by atoms with Gasteiger partial charge in [-0.05, 0) is 49.2 Å². The Morgan fingerprint density at radius 3 is 1.54 bits per heavy atom. The number of fused-ring (bicyclic) bond motifs is 2. The molecule has 4 aliphatic heterocycles. The molecule has 2 aromatic carbocycles. The smallest absolute Gasteiger partial charge is 0.296 e. The van der Waals surface area contributed by atoms with Crippen LogP contribution in [0.15, 0.2) is 46.2 Å². The molecule has 4 aliphatic rings. The monoisotopic (exact) mass is 606 g/mol. The summed E-state index contributed by atoms with van der Waals surface area (Å²) in [5.74, 6) is -2.92. The van der Waals surface area contributed by atoms with Crippen LogP contribution in [0.25, 0.3) is 0 Å². The van der Waals surface area contributed by atoms with Crippen molar-refractivity contribution >= 4 is 54.8 Å². The third-order valence-electron chi connectivity index (χ3n) is 7.05. The van der Waals surface area contributed by atoms with Crippen LogP contribution in [0.2, 0.25) is 0 Å². The summed E-state index contributed by atoms with van der Waals surface area (Å²) in [7, 11) is -7.38. The maximum atomic E-state index is 12.5. The number of aliphatic hydroxyl groups excluding tert-OH is 1. The molecule has 14 nitrogen and oxygen atoms in total. The molecule has 3 N–H and O–H groups in total. The second-order valence-corrected chi connectivity index (χ2v) is 13.5. The lowest BCUT2D eigenvalue weighted by Crippen LogP contribution is -2.40. The Labute approximate surface area is 235 Å². The number of nitrogens with one attached hydrogen (secondary N) is 2. The van der Waals surface area contributed by atoms with E-state index in [1.807, 2.05) is 0 Å². The first kappa shape index (κ1) is 29.0. The number of ketones is 2. The Bertz CT molecular complexity index is 1660. The lowest BCUT2D eigenvalue weighted by atomic mass is 10.1. The van der Waals surface area contributed by atoms with Gasteiger partial charge in [0, 0.05) is 26.2 Å². The first-order valence-corrected chi connectivity index (χ1v) is 15.5. The zero-order valence-corrected chi connectivity index (χ0v) is 23.2. The highest BCUT2D eigenvalue weighted by Gasteiger charge is 2.34. The van der Waals surface area contributed by atoms with Crippen LogP contribution < -0.4 is 10.6 Å². The van der Waals surface area contributed by atoms with Crippen LogP contribution in [0.4, 0.5) is 11.4 Å². The van der Waals surface area contributed by atoms with E-state index in [0.29, 0.717) is 37.4 Å². The van der Waals surface area contributed by atoms with E-state index in [2.05, 4.69) is 10.6 Å². The fourth-order valence-corrected chi connectivity index (χ4v) is 7.66. The van der Waals surface area contributed by atoms with Gasteiger partial charge in [-0.15, -0.1) is 0 Å². The van der Waals surface area contributed by atoms with Crippen molar-refractivity contribution in [3.63, 3.8) is 0 Å². The van der Waals surface area contributed by atoms with Crippen molar-refractivity contribution in [2.24, 2.45) is 0 Å². The summed E-state index contributed by atoms with van der Waals surface area (Å²) in [6.07, 6.45) is 0.312. The molecular weight excluding hydrogens is 580 g/mol. The fourth-order valence-electron chi connectivity index (χ4n) is 4.73. The number of Topliss-reactive ketones (excluding diaryl/α,β-unsaturated/α-hetero) is 2. The van der Waals surface area contributed by atoms with Crippen molar-refractivity contribution in [2.45, 2.75) is 28.7 Å². The van der Waals surface area contributed by atoms with Crippen molar-refractivity contribution in [3.05, 3.63) is 47.5 Å². The molecule has 2 fully saturated rings. The molecule has 0 aliphatic carbocycles. The summed E-state index contributed by atoms with van der Waals surface area (Å²) in [5, 5.41) is 14.2. The number of rotatable bonds is 4. The number of amides is 2. The minimum absolute atomic E-state index is 0.0116. The number of nitrogens with zero attached hydrogens (tertiary/aromatic N) is 2. The quantitative estimate of drug-likeness (QED) is 0.392. The summed E-state index contributed by atoms with van der Waals surface area (Å²) < 4.78 is 57.6. The van der Waals surface area contributed by atoms with Gasteiger partial charge in [0.15, 0.2) is 0 Å². The number of carbonyl (C=O) groups is 4. The average molecular weight is 607 g/mol. The molecule has 0 atom stereocenters. The largest absolute Gasteiger partial charge is 0.393 e. The third kappa shape index (κ3) is 5.53. The predicted molar refractivity (Wildman–Crippen MR) is 142 cm³/mol. The maximum absolute atomic E-state index is 12.5. The van der Waals surface area contributed by atoms with E-state index in [0.717, 1.165) is 0 Å². The van der Waals surface area contributed by atoms with Crippen LogP contribution in [0.1, 0.15) is 33.6 Å². The van der Waals surface area contributed by atoms with E-state index in [1.165, 1.54) is 45.0 Å². The van der Waals surface area contributed by atoms with Crippen molar-refractivity contribution in [2.75, 3.05) is 50.0 Å². The lowest BCUT2D eigenvalue weighted by Gasteiger charge is -2.28. The Hall–Kier alpha value is -3.54. The lowest BCUT2D eigenvalue weighted by molar-refractivity contribution is -0.112. The second-order valence-electron chi connectivity index (χ2n) is 9.63. The minimum Gasteiger partial charge on any atom is -0.393 e. The van der Waals surface area contributed by atoms with Crippen LogP contribution in [0.5, 0.6) is 0 Å². The average Bonchev–Trinajstić information content (AvgIpc) is 3.42. The Morgan fingerprint density at radius 1 is 0.683 bits per heavy atom. The van der Waals surface area contributed by atoms with E-state index in [1.54, 1.807) is 0 Å². The van der Waals surface area contributed by atoms with Gasteiger partial charge in [0.1, 0.15) is 0 Å². The molecule has 6 rings (SSSR count). The van der Waals surface area contributed by atoms with Gasteiger partial charge in [0.2, 0.25) is 20.0 Å². The van der Waals surface area contributed by atoms with Gasteiger partial charge in [-0.3, -0.25) is 19.2 Å². The maximum Gasteiger partial charge on any atom is 0.296 e. The van der Waals surface area contributed by atoms with E-state index < -0.39 is 49.5 Å². The molecule has 0 spiro atoms. The van der Waals surface area contributed by atoms with Crippen molar-refractivity contribution in [1.29, 1.82) is 0 Å². The number of morpholine rings is 1. The molecule has 0 aromatic heterocycles. The van der Waals surface area contributed by atoms with Crippen LogP contribution in [0, 0.1) is 0 Å². The van der Waals surface area contributed by atoms with Crippen molar-refractivity contribution < 1.29 is 45.9 Å². The van der Waals surface area contributed by atoms with Gasteiger partial charge in [0.05, 0.1) is 51.6 Å². The zero-order chi connectivity index (χ0) is 29.5. The van der Waals surface area contributed by atoms with Gasteiger partial charge in [-0.1, -0.05) is 0 Å². The molecule has 4 heterocycles. The van der Waals surface area contributed by atoms with E-state index in [9.17, 15) is 41.1 Å². The number of carbonyl (C=O) groups excluding carboxylic acids is 4. The standard InChI is InChI=1S/C13H14N2O5S.C12H12N2O5S/c16-8-3-5-15(6-4-8)21(19,20)9-1-2-11-10(7-9)12(17)13(18)14-11;15-11-9-7-8(1-2-10(9)13-12(11)16)20(17,18)14-3-5-19-6-4-14/h1-2,7-8,16H,3-6H2,(H,14,17,18);1-2,7H,3-6H2,(H,13,15,16). The summed E-state index contributed by atoms with van der Waals surface area (Å²) in [6, 6.07) is 8.10. The van der Waals surface area contributed by atoms with Crippen LogP contribution in [-0.4, -0.2) is 99.4 Å². The van der Waals surface area contributed by atoms with Crippen molar-refractivity contribution in [3.8, 4) is 0 Å². The van der Waals surface area contributed by atoms with Gasteiger partial charge in [0.25, 0.3) is 23.4 Å². The fraction of sp³-hybridized carbons (Fsp3) is 0.360. The first-order chi connectivity index (χ1) is 19.4. The summed E-state index contributed by atoms with van der Waals surface area (Å²) in [6.45, 7) is 1.75. The Morgan fingerprint density at radius 2 is 1.10 bits per heavy atom. The highest BCUT2D eigenvalue weighted by atomic mass is 32.2. The molecule has 41 heavy (non-hydrogen) atoms. The van der Waals surface area contributed by atoms with Crippen molar-refractivity contribution in [1.82, 2.24) is 8.61 Å². The van der Waals surface area contributed by atoms with Gasteiger partial charge in [-0.25, -0.2) is 16.8 Å². The van der Waals surface area contributed by atoms with E-state index >= 15 is 0 Å². The first-order valence-electron chi connectivity index (χ1n) is 12.6. The summed E-state index contributed by atoms with van der Waals surface area (Å²) in [5.41, 5.74) is 0.862. The number of aliphatic hydroxyl groups is 1. The minimum atomic E-state index is -3.72. The predicted octanol–water partition coefficient (Wildman–Crippen LogP) is -0.191. The van der Waals surface area contributed by atoms with Gasteiger partial charge >= 0.3 is 0 Å². The number of ether oxygens (including phenoxy) is 1. The summed E-state index contributed by atoms with van der Waals surface area (Å²) in [4.78, 5) is 45.8. The molecule has 218 valence electrons. The van der Waals surface area contributed by atoms with Crippen LogP contribution in [-0.2, 0) is 34.4 Å². The Kier molecular flexibility index (Phi) is 7.80. The molecule has 0 radical (unpaired) electrons. The number of sulfonamides is 2. The zero-order valence-electron chi connectivity index (χ0n) is 21.5. The number of anilines is 2. The summed E-state index contributed by atoms with van der Waals surface area (Å²) >= 11 is 0. The molecule has 2 amide bonds. The van der Waals surface area contributed by atoms with E-state index in [-0.39, 0.29) is 47.1 Å². The molecular formula is C25H26N4O10S2. The van der Waals surface area contributed by atoms with Gasteiger partial charge < -0.3 is 20.5 Å². The molecule has 2 aromatic rings.